The summed E-state index contributed by atoms with van der Waals surface area (Å²) in [6, 6.07) is 8.25. The number of hydrogen-bond acceptors (Lipinski definition) is 5. The molecule has 2 aromatic rings. The molecule has 6 nitrogen and oxygen atoms in total. The molecule has 26 heavy (non-hydrogen) atoms. The first-order chi connectivity index (χ1) is 12.3. The number of carbonyl (C=O) groups excluding carboxylic acids is 1. The van der Waals surface area contributed by atoms with Gasteiger partial charge in [0.05, 0.1) is 5.56 Å². The van der Waals surface area contributed by atoms with Crippen LogP contribution < -0.4 is 5.32 Å². The van der Waals surface area contributed by atoms with Crippen LogP contribution in [0.2, 0.25) is 0 Å². The maximum atomic E-state index is 12.5. The van der Waals surface area contributed by atoms with Crippen molar-refractivity contribution in [3.8, 4) is 0 Å². The van der Waals surface area contributed by atoms with Gasteiger partial charge in [0.2, 0.25) is 5.95 Å². The Morgan fingerprint density at radius 3 is 2.12 bits per heavy atom. The second-order valence-corrected chi connectivity index (χ2v) is 7.84. The molecular weight excluding hydrogens is 326 g/mol. The summed E-state index contributed by atoms with van der Waals surface area (Å²) in [4.78, 5) is 25.2. The van der Waals surface area contributed by atoms with E-state index in [1.807, 2.05) is 17.0 Å². The average molecular weight is 353 g/mol. The van der Waals surface area contributed by atoms with E-state index in [0.29, 0.717) is 11.5 Å². The molecule has 1 aromatic carbocycles. The zero-order valence-corrected chi connectivity index (χ0v) is 16.0. The summed E-state index contributed by atoms with van der Waals surface area (Å²) in [6.45, 7) is 9.86. The van der Waals surface area contributed by atoms with Crippen molar-refractivity contribution < 1.29 is 4.79 Å². The number of nitrogens with zero attached hydrogens (tertiary/aromatic N) is 4. The molecule has 3 rings (SSSR count). The summed E-state index contributed by atoms with van der Waals surface area (Å²) < 4.78 is 0. The minimum absolute atomic E-state index is 0.000759. The lowest BCUT2D eigenvalue weighted by atomic mass is 9.87. The first kappa shape index (κ1) is 18.3. The fraction of sp³-hybridized carbons (Fsp3) is 0.450. The largest absolute Gasteiger partial charge is 0.336 e. The van der Waals surface area contributed by atoms with Crippen molar-refractivity contribution in [1.82, 2.24) is 19.8 Å². The molecule has 1 aliphatic heterocycles. The molecule has 6 heteroatoms. The molecule has 1 N–H and O–H groups in total. The van der Waals surface area contributed by atoms with Gasteiger partial charge >= 0.3 is 0 Å². The lowest BCUT2D eigenvalue weighted by Crippen LogP contribution is -2.47. The fourth-order valence-corrected chi connectivity index (χ4v) is 2.88. The number of carbonyl (C=O) groups is 1. The van der Waals surface area contributed by atoms with Crippen LogP contribution in [0.4, 0.5) is 11.6 Å². The Hall–Kier alpha value is -2.47. The van der Waals surface area contributed by atoms with Crippen molar-refractivity contribution in [2.75, 3.05) is 38.5 Å². The Morgan fingerprint density at radius 2 is 1.58 bits per heavy atom. The SMILES string of the molecule is CN1CCN(C(=O)c2cnc(Nc3ccc(C(C)(C)C)cc3)nc2)CC1. The summed E-state index contributed by atoms with van der Waals surface area (Å²) in [6.07, 6.45) is 3.19. The molecule has 1 fully saturated rings. The number of nitrogens with one attached hydrogen (secondary N) is 1. The molecule has 0 atom stereocenters. The zero-order chi connectivity index (χ0) is 18.7. The Labute approximate surface area is 155 Å². The predicted octanol–water partition coefficient (Wildman–Crippen LogP) is 2.91. The lowest BCUT2D eigenvalue weighted by Gasteiger charge is -2.32. The van der Waals surface area contributed by atoms with E-state index in [4.69, 9.17) is 0 Å². The van der Waals surface area contributed by atoms with Gasteiger partial charge in [-0.05, 0) is 30.2 Å². The van der Waals surface area contributed by atoms with E-state index in [0.717, 1.165) is 31.9 Å². The molecule has 0 radical (unpaired) electrons. The summed E-state index contributed by atoms with van der Waals surface area (Å²) in [7, 11) is 2.07. The van der Waals surface area contributed by atoms with E-state index in [1.165, 1.54) is 5.56 Å². The van der Waals surface area contributed by atoms with E-state index in [-0.39, 0.29) is 11.3 Å². The first-order valence-corrected chi connectivity index (χ1v) is 9.00. The molecule has 138 valence electrons. The Bertz CT molecular complexity index is 741. The van der Waals surface area contributed by atoms with E-state index in [9.17, 15) is 4.79 Å². The number of rotatable bonds is 3. The van der Waals surface area contributed by atoms with Gasteiger partial charge < -0.3 is 15.1 Å². The molecule has 0 saturated carbocycles. The normalized spacial score (nSPS) is 15.8. The van der Waals surface area contributed by atoms with Crippen LogP contribution in [0, 0.1) is 0 Å². The van der Waals surface area contributed by atoms with Crippen LogP contribution in [-0.2, 0) is 5.41 Å². The van der Waals surface area contributed by atoms with Crippen LogP contribution in [0.15, 0.2) is 36.7 Å². The first-order valence-electron chi connectivity index (χ1n) is 9.00. The number of anilines is 2. The van der Waals surface area contributed by atoms with Crippen LogP contribution in [0.5, 0.6) is 0 Å². The minimum Gasteiger partial charge on any atom is -0.336 e. The van der Waals surface area contributed by atoms with Crippen molar-refractivity contribution in [1.29, 1.82) is 0 Å². The van der Waals surface area contributed by atoms with Gasteiger partial charge in [0, 0.05) is 44.3 Å². The number of likely N-dealkylation sites (N-methyl/N-ethyl adjacent to an activating group) is 1. The Morgan fingerprint density at radius 1 is 1.00 bits per heavy atom. The second-order valence-electron chi connectivity index (χ2n) is 7.84. The molecule has 0 unspecified atom stereocenters. The van der Waals surface area contributed by atoms with Crippen LogP contribution in [0.25, 0.3) is 0 Å². The van der Waals surface area contributed by atoms with E-state index < -0.39 is 0 Å². The van der Waals surface area contributed by atoms with Crippen molar-refractivity contribution in [2.45, 2.75) is 26.2 Å². The highest BCUT2D eigenvalue weighted by molar-refractivity contribution is 5.93. The Kier molecular flexibility index (Phi) is 5.23. The number of piperazine rings is 1. The van der Waals surface area contributed by atoms with E-state index >= 15 is 0 Å². The third-order valence-corrected chi connectivity index (χ3v) is 4.70. The highest BCUT2D eigenvalue weighted by Gasteiger charge is 2.21. The van der Waals surface area contributed by atoms with Crippen LogP contribution in [0.1, 0.15) is 36.7 Å². The molecule has 1 aliphatic rings. The Balaban J connectivity index is 1.63. The summed E-state index contributed by atoms with van der Waals surface area (Å²) >= 11 is 0. The molecule has 1 aromatic heterocycles. The van der Waals surface area contributed by atoms with Gasteiger partial charge in [-0.1, -0.05) is 32.9 Å². The predicted molar refractivity (Wildman–Crippen MR) is 104 cm³/mol. The molecule has 0 aliphatic carbocycles. The number of hydrogen-bond donors (Lipinski definition) is 1. The van der Waals surface area contributed by atoms with Crippen LogP contribution in [0.3, 0.4) is 0 Å². The summed E-state index contributed by atoms with van der Waals surface area (Å²) in [5, 5.41) is 3.18. The highest BCUT2D eigenvalue weighted by atomic mass is 16.2. The maximum Gasteiger partial charge on any atom is 0.257 e. The van der Waals surface area contributed by atoms with Crippen molar-refractivity contribution in [2.24, 2.45) is 0 Å². The van der Waals surface area contributed by atoms with Gasteiger partial charge in [0.1, 0.15) is 0 Å². The zero-order valence-electron chi connectivity index (χ0n) is 16.0. The van der Waals surface area contributed by atoms with Crippen LogP contribution >= 0.6 is 0 Å². The molecule has 1 saturated heterocycles. The third-order valence-electron chi connectivity index (χ3n) is 4.70. The number of benzene rings is 1. The standard InChI is InChI=1S/C20H27N5O/c1-20(2,3)16-5-7-17(8-6-16)23-19-21-13-15(14-22-19)18(26)25-11-9-24(4)10-12-25/h5-8,13-14H,9-12H2,1-4H3,(H,21,22,23). The van der Waals surface area contributed by atoms with E-state index in [1.54, 1.807) is 12.4 Å². The molecular formula is C20H27N5O. The lowest BCUT2D eigenvalue weighted by molar-refractivity contribution is 0.0663. The van der Waals surface area contributed by atoms with Crippen molar-refractivity contribution in [3.05, 3.63) is 47.8 Å². The fourth-order valence-electron chi connectivity index (χ4n) is 2.88. The van der Waals surface area contributed by atoms with Gasteiger partial charge in [0.25, 0.3) is 5.91 Å². The third kappa shape index (κ3) is 4.38. The second kappa shape index (κ2) is 7.41. The van der Waals surface area contributed by atoms with Gasteiger partial charge in [-0.25, -0.2) is 9.97 Å². The van der Waals surface area contributed by atoms with Gasteiger partial charge in [-0.15, -0.1) is 0 Å². The van der Waals surface area contributed by atoms with E-state index in [2.05, 4.69) is 60.1 Å². The molecule has 1 amide bonds. The van der Waals surface area contributed by atoms with Crippen LogP contribution in [-0.4, -0.2) is 58.9 Å². The van der Waals surface area contributed by atoms with Gasteiger partial charge in [0.15, 0.2) is 0 Å². The van der Waals surface area contributed by atoms with Gasteiger partial charge in [-0.3, -0.25) is 4.79 Å². The smallest absolute Gasteiger partial charge is 0.257 e. The van der Waals surface area contributed by atoms with Crippen molar-refractivity contribution in [3.63, 3.8) is 0 Å². The number of aromatic nitrogens is 2. The quantitative estimate of drug-likeness (QED) is 0.919. The topological polar surface area (TPSA) is 61.4 Å². The summed E-state index contributed by atoms with van der Waals surface area (Å²) in [5.74, 6) is 0.489. The molecule has 2 heterocycles. The number of amides is 1. The van der Waals surface area contributed by atoms with Gasteiger partial charge in [-0.2, -0.15) is 0 Å². The minimum atomic E-state index is -0.000759. The highest BCUT2D eigenvalue weighted by Crippen LogP contribution is 2.24. The molecule has 0 spiro atoms. The maximum absolute atomic E-state index is 12.5. The monoisotopic (exact) mass is 353 g/mol. The van der Waals surface area contributed by atoms with Crippen molar-refractivity contribution >= 4 is 17.5 Å². The molecule has 0 bridgehead atoms. The average Bonchev–Trinajstić information content (AvgIpc) is 2.62. The summed E-state index contributed by atoms with van der Waals surface area (Å²) in [5.41, 5.74) is 2.86.